The summed E-state index contributed by atoms with van der Waals surface area (Å²) in [5, 5.41) is 3.58. The molecular formula is C12H25NOS. The normalized spacial score (nSPS) is 23.2. The minimum atomic E-state index is 0.540. The van der Waals surface area contributed by atoms with Crippen molar-refractivity contribution in [1.82, 2.24) is 5.32 Å². The second kappa shape index (κ2) is 8.43. The van der Waals surface area contributed by atoms with Crippen LogP contribution >= 0.6 is 11.8 Å². The maximum Gasteiger partial charge on any atom is 0.0666 e. The van der Waals surface area contributed by atoms with Crippen LogP contribution in [0.15, 0.2) is 0 Å². The molecule has 0 aromatic heterocycles. The highest BCUT2D eigenvalue weighted by molar-refractivity contribution is 7.99. The van der Waals surface area contributed by atoms with Gasteiger partial charge in [0.05, 0.1) is 6.10 Å². The van der Waals surface area contributed by atoms with Gasteiger partial charge in [-0.25, -0.2) is 0 Å². The Kier molecular flexibility index (Phi) is 7.49. The zero-order chi connectivity index (χ0) is 10.9. The van der Waals surface area contributed by atoms with Crippen LogP contribution in [0.4, 0.5) is 0 Å². The van der Waals surface area contributed by atoms with Crippen molar-refractivity contribution in [1.29, 1.82) is 0 Å². The average molecular weight is 231 g/mol. The zero-order valence-corrected chi connectivity index (χ0v) is 10.9. The van der Waals surface area contributed by atoms with E-state index in [-0.39, 0.29) is 0 Å². The maximum absolute atomic E-state index is 5.61. The molecule has 2 atom stereocenters. The molecule has 0 amide bonds. The van der Waals surface area contributed by atoms with Crippen LogP contribution in [0.2, 0.25) is 0 Å². The Bertz CT molecular complexity index is 149. The predicted molar refractivity (Wildman–Crippen MR) is 68.7 cm³/mol. The van der Waals surface area contributed by atoms with E-state index in [1.54, 1.807) is 0 Å². The molecule has 0 aromatic rings. The Hall–Kier alpha value is 0.270. The molecule has 1 aliphatic heterocycles. The lowest BCUT2D eigenvalue weighted by Crippen LogP contribution is -2.31. The molecule has 1 saturated heterocycles. The lowest BCUT2D eigenvalue weighted by molar-refractivity contribution is 0.129. The van der Waals surface area contributed by atoms with Gasteiger partial charge in [-0.2, -0.15) is 11.8 Å². The molecule has 1 aliphatic rings. The summed E-state index contributed by atoms with van der Waals surface area (Å²) < 4.78 is 5.61. The number of thioether (sulfide) groups is 1. The molecule has 15 heavy (non-hydrogen) atoms. The zero-order valence-electron chi connectivity index (χ0n) is 10.1. The van der Waals surface area contributed by atoms with Gasteiger partial charge in [-0.05, 0) is 32.2 Å². The molecule has 2 unspecified atom stereocenters. The monoisotopic (exact) mass is 231 g/mol. The fourth-order valence-corrected chi connectivity index (χ4v) is 3.09. The van der Waals surface area contributed by atoms with Crippen LogP contribution < -0.4 is 5.32 Å². The lowest BCUT2D eigenvalue weighted by Gasteiger charge is -2.17. The Morgan fingerprint density at radius 1 is 1.47 bits per heavy atom. The average Bonchev–Trinajstić information content (AvgIpc) is 2.76. The van der Waals surface area contributed by atoms with Crippen LogP contribution in [0, 0.1) is 0 Å². The molecule has 0 spiro atoms. The Morgan fingerprint density at radius 3 is 2.93 bits per heavy atom. The van der Waals surface area contributed by atoms with Gasteiger partial charge in [0.25, 0.3) is 0 Å². The summed E-state index contributed by atoms with van der Waals surface area (Å²) in [6.07, 6.45) is 5.53. The highest BCUT2D eigenvalue weighted by atomic mass is 32.2. The lowest BCUT2D eigenvalue weighted by atomic mass is 10.2. The smallest absolute Gasteiger partial charge is 0.0666 e. The van der Waals surface area contributed by atoms with Gasteiger partial charge in [-0.15, -0.1) is 0 Å². The Balaban J connectivity index is 2.00. The first-order valence-corrected chi connectivity index (χ1v) is 7.45. The summed E-state index contributed by atoms with van der Waals surface area (Å²) in [4.78, 5) is 0. The first kappa shape index (κ1) is 13.3. The SMILES string of the molecule is CCCNC(CC)CSCC1CCCO1. The quantitative estimate of drug-likeness (QED) is 0.694. The van der Waals surface area contributed by atoms with E-state index in [9.17, 15) is 0 Å². The van der Waals surface area contributed by atoms with Gasteiger partial charge in [-0.3, -0.25) is 0 Å². The fraction of sp³-hybridized carbons (Fsp3) is 1.00. The summed E-state index contributed by atoms with van der Waals surface area (Å²) in [6.45, 7) is 6.62. The van der Waals surface area contributed by atoms with Crippen molar-refractivity contribution >= 4 is 11.8 Å². The van der Waals surface area contributed by atoms with Gasteiger partial charge >= 0.3 is 0 Å². The second-order valence-electron chi connectivity index (χ2n) is 4.23. The summed E-state index contributed by atoms with van der Waals surface area (Å²) in [7, 11) is 0. The van der Waals surface area contributed by atoms with E-state index < -0.39 is 0 Å². The second-order valence-corrected chi connectivity index (χ2v) is 5.31. The van der Waals surface area contributed by atoms with Crippen molar-refractivity contribution in [2.24, 2.45) is 0 Å². The van der Waals surface area contributed by atoms with Gasteiger partial charge in [0.1, 0.15) is 0 Å². The van der Waals surface area contributed by atoms with Gasteiger partial charge in [0.15, 0.2) is 0 Å². The van der Waals surface area contributed by atoms with E-state index in [1.165, 1.54) is 37.2 Å². The third kappa shape index (κ3) is 5.79. The van der Waals surface area contributed by atoms with Crippen LogP contribution in [-0.4, -0.2) is 36.8 Å². The number of ether oxygens (including phenoxy) is 1. The van der Waals surface area contributed by atoms with Crippen LogP contribution in [0.3, 0.4) is 0 Å². The third-order valence-electron chi connectivity index (χ3n) is 2.82. The molecule has 1 fully saturated rings. The first-order valence-electron chi connectivity index (χ1n) is 6.29. The van der Waals surface area contributed by atoms with Crippen LogP contribution in [0.1, 0.15) is 39.5 Å². The highest BCUT2D eigenvalue weighted by Crippen LogP contribution is 2.17. The fourth-order valence-electron chi connectivity index (χ4n) is 1.79. The third-order valence-corrected chi connectivity index (χ3v) is 4.07. The number of nitrogens with one attached hydrogen (secondary N) is 1. The molecule has 1 rings (SSSR count). The van der Waals surface area contributed by atoms with E-state index >= 15 is 0 Å². The van der Waals surface area contributed by atoms with Crippen LogP contribution in [-0.2, 0) is 4.74 Å². The molecule has 90 valence electrons. The number of rotatable bonds is 8. The largest absolute Gasteiger partial charge is 0.377 e. The minimum absolute atomic E-state index is 0.540. The van der Waals surface area contributed by atoms with Crippen molar-refractivity contribution in [3.8, 4) is 0 Å². The molecule has 1 N–H and O–H groups in total. The van der Waals surface area contributed by atoms with Gasteiger partial charge in [0.2, 0.25) is 0 Å². The molecule has 0 saturated carbocycles. The highest BCUT2D eigenvalue weighted by Gasteiger charge is 2.15. The van der Waals surface area contributed by atoms with E-state index in [0.717, 1.165) is 13.2 Å². The molecule has 2 nitrogen and oxygen atoms in total. The Labute approximate surface area is 98.5 Å². The van der Waals surface area contributed by atoms with E-state index in [4.69, 9.17) is 4.74 Å². The van der Waals surface area contributed by atoms with Crippen molar-refractivity contribution in [2.75, 3.05) is 24.7 Å². The molecule has 3 heteroatoms. The molecular weight excluding hydrogens is 206 g/mol. The predicted octanol–water partition coefficient (Wildman–Crippen LogP) is 2.68. The van der Waals surface area contributed by atoms with Crippen molar-refractivity contribution in [2.45, 2.75) is 51.7 Å². The van der Waals surface area contributed by atoms with E-state index in [0.29, 0.717) is 12.1 Å². The molecule has 1 heterocycles. The summed E-state index contributed by atoms with van der Waals surface area (Å²) in [5.41, 5.74) is 0. The van der Waals surface area contributed by atoms with E-state index in [2.05, 4.69) is 19.2 Å². The van der Waals surface area contributed by atoms with Gasteiger partial charge in [-0.1, -0.05) is 13.8 Å². The van der Waals surface area contributed by atoms with Gasteiger partial charge in [0, 0.05) is 24.2 Å². The number of hydrogen-bond acceptors (Lipinski definition) is 3. The minimum Gasteiger partial charge on any atom is -0.377 e. The summed E-state index contributed by atoms with van der Waals surface area (Å²) in [6, 6.07) is 0.691. The molecule has 0 aromatic carbocycles. The van der Waals surface area contributed by atoms with E-state index in [1.807, 2.05) is 11.8 Å². The van der Waals surface area contributed by atoms with Crippen LogP contribution in [0.25, 0.3) is 0 Å². The number of hydrogen-bond donors (Lipinski definition) is 1. The summed E-state index contributed by atoms with van der Waals surface area (Å²) in [5.74, 6) is 2.42. The van der Waals surface area contributed by atoms with Crippen molar-refractivity contribution in [3.63, 3.8) is 0 Å². The standard InChI is InChI=1S/C12H25NOS/c1-3-7-13-11(4-2)9-15-10-12-6-5-8-14-12/h11-13H,3-10H2,1-2H3. The van der Waals surface area contributed by atoms with Crippen molar-refractivity contribution in [3.05, 3.63) is 0 Å². The van der Waals surface area contributed by atoms with Gasteiger partial charge < -0.3 is 10.1 Å². The topological polar surface area (TPSA) is 21.3 Å². The maximum atomic E-state index is 5.61. The van der Waals surface area contributed by atoms with Crippen molar-refractivity contribution < 1.29 is 4.74 Å². The molecule has 0 radical (unpaired) electrons. The Morgan fingerprint density at radius 2 is 2.33 bits per heavy atom. The summed E-state index contributed by atoms with van der Waals surface area (Å²) >= 11 is 2.05. The molecule has 0 aliphatic carbocycles. The molecule has 0 bridgehead atoms. The first-order chi connectivity index (χ1) is 7.36. The van der Waals surface area contributed by atoms with Crippen LogP contribution in [0.5, 0.6) is 0 Å².